The lowest BCUT2D eigenvalue weighted by molar-refractivity contribution is 0.429. The quantitative estimate of drug-likeness (QED) is 0.374. The highest BCUT2D eigenvalue weighted by molar-refractivity contribution is 6.31. The third-order valence-electron chi connectivity index (χ3n) is 5.94. The van der Waals surface area contributed by atoms with E-state index in [9.17, 15) is 4.79 Å². The summed E-state index contributed by atoms with van der Waals surface area (Å²) in [6, 6.07) is 15.0. The SMILES string of the molecule is O=c1c(C2CCCCC2)nnc2c(-c3ccc(Cl)cc3)c(-c3ccc(Cl)cc3)cnn12. The maximum absolute atomic E-state index is 13.3. The summed E-state index contributed by atoms with van der Waals surface area (Å²) >= 11 is 12.2. The molecular weight excluding hydrogens is 431 g/mol. The van der Waals surface area contributed by atoms with E-state index < -0.39 is 0 Å². The normalized spacial score (nSPS) is 14.8. The van der Waals surface area contributed by atoms with Crippen LogP contribution in [0.25, 0.3) is 27.9 Å². The third kappa shape index (κ3) is 3.84. The molecule has 0 radical (unpaired) electrons. The Morgan fingerprint density at radius 1 is 0.806 bits per heavy atom. The summed E-state index contributed by atoms with van der Waals surface area (Å²) in [4.78, 5) is 13.3. The predicted octanol–water partition coefficient (Wildman–Crippen LogP) is 6.17. The van der Waals surface area contributed by atoms with Gasteiger partial charge in [0.1, 0.15) is 5.69 Å². The molecule has 156 valence electrons. The maximum atomic E-state index is 13.3. The van der Waals surface area contributed by atoms with Gasteiger partial charge >= 0.3 is 0 Å². The van der Waals surface area contributed by atoms with E-state index in [1.807, 2.05) is 48.5 Å². The van der Waals surface area contributed by atoms with Gasteiger partial charge in [-0.1, -0.05) is 66.7 Å². The summed E-state index contributed by atoms with van der Waals surface area (Å²) in [6.07, 6.45) is 7.11. The highest BCUT2D eigenvalue weighted by Crippen LogP contribution is 2.35. The minimum absolute atomic E-state index is 0.155. The highest BCUT2D eigenvalue weighted by Gasteiger charge is 2.23. The van der Waals surface area contributed by atoms with Gasteiger partial charge in [0.15, 0.2) is 5.65 Å². The zero-order valence-corrected chi connectivity index (χ0v) is 18.3. The Balaban J connectivity index is 1.75. The average Bonchev–Trinajstić information content (AvgIpc) is 2.80. The van der Waals surface area contributed by atoms with Crippen LogP contribution in [-0.2, 0) is 0 Å². The van der Waals surface area contributed by atoms with Gasteiger partial charge in [0.2, 0.25) is 0 Å². The van der Waals surface area contributed by atoms with Crippen LogP contribution in [-0.4, -0.2) is 19.8 Å². The van der Waals surface area contributed by atoms with Crippen molar-refractivity contribution < 1.29 is 0 Å². The Labute approximate surface area is 189 Å². The van der Waals surface area contributed by atoms with E-state index in [0.29, 0.717) is 21.4 Å². The summed E-state index contributed by atoms with van der Waals surface area (Å²) < 4.78 is 1.39. The van der Waals surface area contributed by atoms with Crippen LogP contribution in [0.2, 0.25) is 10.0 Å². The Morgan fingerprint density at radius 3 is 2.06 bits per heavy atom. The molecule has 5 nitrogen and oxygen atoms in total. The van der Waals surface area contributed by atoms with E-state index in [4.69, 9.17) is 23.2 Å². The van der Waals surface area contributed by atoms with Crippen LogP contribution in [0.3, 0.4) is 0 Å². The standard InChI is InChI=1S/C24H20Cl2N4O/c25-18-10-6-15(7-11-18)20-14-27-30-23(21(20)16-8-12-19(26)13-9-16)29-28-22(24(30)31)17-4-2-1-3-5-17/h6-14,17H,1-5H2. The van der Waals surface area contributed by atoms with Crippen molar-refractivity contribution in [3.05, 3.63) is 80.8 Å². The van der Waals surface area contributed by atoms with Crippen LogP contribution in [0, 0.1) is 0 Å². The van der Waals surface area contributed by atoms with E-state index >= 15 is 0 Å². The van der Waals surface area contributed by atoms with Gasteiger partial charge in [-0.2, -0.15) is 9.61 Å². The molecule has 0 bridgehead atoms. The first-order valence-electron chi connectivity index (χ1n) is 10.4. The first-order valence-corrected chi connectivity index (χ1v) is 11.2. The first-order chi connectivity index (χ1) is 15.1. The van der Waals surface area contributed by atoms with Gasteiger partial charge in [-0.3, -0.25) is 4.79 Å². The molecule has 7 heteroatoms. The Bertz CT molecular complexity index is 1290. The molecule has 5 rings (SSSR count). The second kappa shape index (κ2) is 8.40. The number of hydrogen-bond acceptors (Lipinski definition) is 4. The zero-order chi connectivity index (χ0) is 21.4. The molecule has 2 heterocycles. The summed E-state index contributed by atoms with van der Waals surface area (Å²) in [5.41, 5.74) is 4.20. The highest BCUT2D eigenvalue weighted by atomic mass is 35.5. The molecule has 0 spiro atoms. The lowest BCUT2D eigenvalue weighted by Crippen LogP contribution is -2.27. The van der Waals surface area contributed by atoms with E-state index in [1.165, 1.54) is 10.9 Å². The first kappa shape index (κ1) is 20.2. The summed E-state index contributed by atoms with van der Waals surface area (Å²) in [5.74, 6) is 0.155. The number of nitrogens with zero attached hydrogens (tertiary/aromatic N) is 4. The summed E-state index contributed by atoms with van der Waals surface area (Å²) in [6.45, 7) is 0. The second-order valence-electron chi connectivity index (χ2n) is 7.91. The van der Waals surface area contributed by atoms with Gasteiger partial charge in [0.25, 0.3) is 5.56 Å². The van der Waals surface area contributed by atoms with E-state index in [2.05, 4.69) is 15.3 Å². The number of fused-ring (bicyclic) bond motifs is 1. The molecule has 0 aliphatic heterocycles. The molecule has 0 atom stereocenters. The molecule has 1 aliphatic rings. The van der Waals surface area contributed by atoms with Crippen molar-refractivity contribution in [3.63, 3.8) is 0 Å². The van der Waals surface area contributed by atoms with Crippen molar-refractivity contribution in [2.75, 3.05) is 0 Å². The fraction of sp³-hybridized carbons (Fsp3) is 0.250. The third-order valence-corrected chi connectivity index (χ3v) is 6.44. The summed E-state index contributed by atoms with van der Waals surface area (Å²) in [7, 11) is 0. The molecule has 1 aliphatic carbocycles. The van der Waals surface area contributed by atoms with Crippen molar-refractivity contribution in [2.24, 2.45) is 0 Å². The molecule has 31 heavy (non-hydrogen) atoms. The molecule has 0 saturated heterocycles. The molecular formula is C24H20Cl2N4O. The smallest absolute Gasteiger partial charge is 0.265 e. The van der Waals surface area contributed by atoms with Gasteiger partial charge in [-0.25, -0.2) is 0 Å². The average molecular weight is 451 g/mol. The van der Waals surface area contributed by atoms with Gasteiger partial charge in [0.05, 0.1) is 6.20 Å². The number of aromatic nitrogens is 4. The molecule has 2 aromatic carbocycles. The van der Waals surface area contributed by atoms with Crippen molar-refractivity contribution >= 4 is 28.8 Å². The number of hydrogen-bond donors (Lipinski definition) is 0. The molecule has 0 unspecified atom stereocenters. The number of halogens is 2. The van der Waals surface area contributed by atoms with Crippen LogP contribution in [0.1, 0.15) is 43.7 Å². The van der Waals surface area contributed by atoms with Crippen LogP contribution < -0.4 is 5.56 Å². The molecule has 0 N–H and O–H groups in total. The van der Waals surface area contributed by atoms with Crippen LogP contribution in [0.5, 0.6) is 0 Å². The second-order valence-corrected chi connectivity index (χ2v) is 8.78. The van der Waals surface area contributed by atoms with Gasteiger partial charge in [-0.15, -0.1) is 10.2 Å². The van der Waals surface area contributed by atoms with E-state index in [0.717, 1.165) is 47.9 Å². The van der Waals surface area contributed by atoms with Crippen molar-refractivity contribution in [1.82, 2.24) is 19.8 Å². The molecule has 1 saturated carbocycles. The zero-order valence-electron chi connectivity index (χ0n) is 16.8. The fourth-order valence-electron chi connectivity index (χ4n) is 4.34. The van der Waals surface area contributed by atoms with Gasteiger partial charge in [0, 0.05) is 27.1 Å². The lowest BCUT2D eigenvalue weighted by atomic mass is 9.87. The van der Waals surface area contributed by atoms with Gasteiger partial charge < -0.3 is 0 Å². The van der Waals surface area contributed by atoms with Crippen LogP contribution >= 0.6 is 23.2 Å². The van der Waals surface area contributed by atoms with Crippen molar-refractivity contribution in [1.29, 1.82) is 0 Å². The Morgan fingerprint density at radius 2 is 1.42 bits per heavy atom. The maximum Gasteiger partial charge on any atom is 0.296 e. The molecule has 0 amide bonds. The molecule has 4 aromatic rings. The molecule has 2 aromatic heterocycles. The molecule has 1 fully saturated rings. The number of rotatable bonds is 3. The van der Waals surface area contributed by atoms with E-state index in [1.54, 1.807) is 6.20 Å². The van der Waals surface area contributed by atoms with E-state index in [-0.39, 0.29) is 11.5 Å². The fourth-order valence-corrected chi connectivity index (χ4v) is 4.59. The minimum Gasteiger partial charge on any atom is -0.265 e. The minimum atomic E-state index is -0.185. The van der Waals surface area contributed by atoms with Gasteiger partial charge in [-0.05, 0) is 48.2 Å². The van der Waals surface area contributed by atoms with Crippen molar-refractivity contribution in [2.45, 2.75) is 38.0 Å². The summed E-state index contributed by atoms with van der Waals surface area (Å²) in [5, 5.41) is 14.7. The van der Waals surface area contributed by atoms with Crippen LogP contribution in [0.15, 0.2) is 59.5 Å². The largest absolute Gasteiger partial charge is 0.296 e. The lowest BCUT2D eigenvalue weighted by Gasteiger charge is -2.20. The Kier molecular flexibility index (Phi) is 5.47. The predicted molar refractivity (Wildman–Crippen MR) is 124 cm³/mol. The van der Waals surface area contributed by atoms with Crippen molar-refractivity contribution in [3.8, 4) is 22.3 Å². The number of benzene rings is 2. The van der Waals surface area contributed by atoms with Crippen LogP contribution in [0.4, 0.5) is 0 Å². The topological polar surface area (TPSA) is 60.2 Å². The Hall–Kier alpha value is -2.76. The monoisotopic (exact) mass is 450 g/mol.